The van der Waals surface area contributed by atoms with E-state index in [1.54, 1.807) is 6.92 Å². The molecule has 0 aliphatic heterocycles. The predicted molar refractivity (Wildman–Crippen MR) is 111 cm³/mol. The van der Waals surface area contributed by atoms with Gasteiger partial charge in [0, 0.05) is 12.3 Å². The van der Waals surface area contributed by atoms with Gasteiger partial charge >= 0.3 is 12.1 Å². The third kappa shape index (κ3) is 4.86. The zero-order valence-corrected chi connectivity index (χ0v) is 16.7. The van der Waals surface area contributed by atoms with Crippen molar-refractivity contribution < 1.29 is 23.9 Å². The molecule has 3 rings (SSSR count). The topological polar surface area (TPSA) is 108 Å². The van der Waals surface area contributed by atoms with E-state index < -0.39 is 24.0 Å². The number of ether oxygens (including phenoxy) is 2. The van der Waals surface area contributed by atoms with Gasteiger partial charge in [-0.1, -0.05) is 55.1 Å². The molecule has 0 saturated heterocycles. The molecule has 0 unspecified atom stereocenters. The number of hydrogen-bond acceptors (Lipinski definition) is 5. The predicted octanol–water partition coefficient (Wildman–Crippen LogP) is 3.24. The molecule has 3 N–H and O–H groups in total. The molecule has 1 aliphatic rings. The van der Waals surface area contributed by atoms with Gasteiger partial charge in [0.1, 0.15) is 12.6 Å². The van der Waals surface area contributed by atoms with E-state index in [4.69, 9.17) is 15.2 Å². The molecule has 156 valence electrons. The normalized spacial score (nSPS) is 13.0. The number of primary amides is 1. The average Bonchev–Trinajstić information content (AvgIpc) is 3.02. The third-order valence-corrected chi connectivity index (χ3v) is 4.90. The first kappa shape index (κ1) is 21.1. The minimum absolute atomic E-state index is 0.00560. The molecule has 0 heterocycles. The summed E-state index contributed by atoms with van der Waals surface area (Å²) in [6.07, 6.45) is -0.857. The van der Waals surface area contributed by atoms with Gasteiger partial charge < -0.3 is 20.5 Å². The van der Waals surface area contributed by atoms with Gasteiger partial charge in [-0.25, -0.2) is 4.79 Å². The van der Waals surface area contributed by atoms with E-state index in [1.807, 2.05) is 48.5 Å². The van der Waals surface area contributed by atoms with Crippen molar-refractivity contribution in [2.24, 2.45) is 5.73 Å². The van der Waals surface area contributed by atoms with Crippen LogP contribution in [-0.2, 0) is 19.1 Å². The number of rotatable bonds is 8. The molecule has 0 radical (unpaired) electrons. The quantitative estimate of drug-likeness (QED) is 0.515. The average molecular weight is 408 g/mol. The highest BCUT2D eigenvalue weighted by Gasteiger charge is 2.29. The Kier molecular flexibility index (Phi) is 6.51. The zero-order valence-electron chi connectivity index (χ0n) is 16.7. The molecule has 0 fully saturated rings. The van der Waals surface area contributed by atoms with Crippen molar-refractivity contribution in [3.05, 3.63) is 72.0 Å². The number of esters is 1. The monoisotopic (exact) mass is 408 g/mol. The Morgan fingerprint density at radius 1 is 1.07 bits per heavy atom. The van der Waals surface area contributed by atoms with Crippen LogP contribution in [0.25, 0.3) is 11.1 Å². The lowest BCUT2D eigenvalue weighted by Gasteiger charge is -2.17. The maximum Gasteiger partial charge on any atom is 0.407 e. The van der Waals surface area contributed by atoms with Crippen LogP contribution in [0.4, 0.5) is 4.79 Å². The van der Waals surface area contributed by atoms with Crippen molar-refractivity contribution in [1.82, 2.24) is 5.32 Å². The smallest absolute Gasteiger partial charge is 0.407 e. The van der Waals surface area contributed by atoms with Crippen LogP contribution in [0.2, 0.25) is 0 Å². The first-order chi connectivity index (χ1) is 14.4. The molecule has 2 amide bonds. The Morgan fingerprint density at radius 2 is 1.63 bits per heavy atom. The Bertz CT molecular complexity index is 940. The molecule has 1 atom stereocenters. The van der Waals surface area contributed by atoms with Gasteiger partial charge in [0.25, 0.3) is 0 Å². The molecule has 0 bridgehead atoms. The van der Waals surface area contributed by atoms with Crippen LogP contribution in [-0.4, -0.2) is 30.6 Å². The maximum absolute atomic E-state index is 12.3. The second-order valence-corrected chi connectivity index (χ2v) is 7.14. The number of allylic oxidation sites excluding steroid dienone is 1. The lowest BCUT2D eigenvalue weighted by atomic mass is 9.98. The van der Waals surface area contributed by atoms with Gasteiger partial charge in [0.05, 0.1) is 5.76 Å². The summed E-state index contributed by atoms with van der Waals surface area (Å²) in [6.45, 7) is 5.13. The summed E-state index contributed by atoms with van der Waals surface area (Å²) >= 11 is 0. The van der Waals surface area contributed by atoms with Crippen molar-refractivity contribution in [2.45, 2.75) is 31.7 Å². The molecule has 7 heteroatoms. The van der Waals surface area contributed by atoms with E-state index in [9.17, 15) is 14.4 Å². The number of alkyl carbamates (subject to hydrolysis) is 1. The fourth-order valence-corrected chi connectivity index (χ4v) is 3.58. The number of carbonyl (C=O) groups excluding carboxylic acids is 3. The molecule has 2 aromatic rings. The van der Waals surface area contributed by atoms with Gasteiger partial charge in [-0.05, 0) is 35.6 Å². The summed E-state index contributed by atoms with van der Waals surface area (Å²) in [5.41, 5.74) is 9.74. The van der Waals surface area contributed by atoms with Crippen molar-refractivity contribution in [1.29, 1.82) is 0 Å². The number of nitrogens with two attached hydrogens (primary N) is 1. The van der Waals surface area contributed by atoms with E-state index in [1.165, 1.54) is 0 Å². The van der Waals surface area contributed by atoms with Crippen LogP contribution in [0.15, 0.2) is 60.9 Å². The summed E-state index contributed by atoms with van der Waals surface area (Å²) in [5.74, 6) is -1.16. The number of carbonyl (C=O) groups is 3. The summed E-state index contributed by atoms with van der Waals surface area (Å²) in [4.78, 5) is 35.5. The Balaban J connectivity index is 1.60. The van der Waals surface area contributed by atoms with Gasteiger partial charge in [-0.2, -0.15) is 0 Å². The van der Waals surface area contributed by atoms with Crippen molar-refractivity contribution in [2.75, 3.05) is 6.61 Å². The number of benzene rings is 2. The molecule has 7 nitrogen and oxygen atoms in total. The highest BCUT2D eigenvalue weighted by molar-refractivity contribution is 5.85. The lowest BCUT2D eigenvalue weighted by molar-refractivity contribution is -0.139. The molecule has 0 saturated carbocycles. The minimum atomic E-state index is -1.04. The Labute approximate surface area is 174 Å². The fourth-order valence-electron chi connectivity index (χ4n) is 3.58. The number of amides is 2. The second-order valence-electron chi connectivity index (χ2n) is 7.14. The van der Waals surface area contributed by atoms with Crippen LogP contribution in [0.1, 0.15) is 36.8 Å². The van der Waals surface area contributed by atoms with Crippen LogP contribution < -0.4 is 11.1 Å². The first-order valence-electron chi connectivity index (χ1n) is 9.64. The molecular formula is C23H24N2O5. The molecule has 1 aliphatic carbocycles. The molecular weight excluding hydrogens is 384 g/mol. The fraction of sp³-hybridized carbons (Fsp3) is 0.261. The van der Waals surface area contributed by atoms with E-state index in [2.05, 4.69) is 11.9 Å². The largest absolute Gasteiger partial charge is 0.449 e. The minimum Gasteiger partial charge on any atom is -0.449 e. The first-order valence-corrected chi connectivity index (χ1v) is 9.64. The van der Waals surface area contributed by atoms with Crippen molar-refractivity contribution >= 4 is 18.0 Å². The molecule has 0 aromatic heterocycles. The summed E-state index contributed by atoms with van der Waals surface area (Å²) in [7, 11) is 0. The Hall–Kier alpha value is -3.61. The lowest BCUT2D eigenvalue weighted by Crippen LogP contribution is -2.45. The Morgan fingerprint density at radius 3 is 2.17 bits per heavy atom. The van der Waals surface area contributed by atoms with Crippen LogP contribution in [0.3, 0.4) is 0 Å². The van der Waals surface area contributed by atoms with E-state index in [0.29, 0.717) is 0 Å². The van der Waals surface area contributed by atoms with Gasteiger partial charge in [-0.3, -0.25) is 9.59 Å². The summed E-state index contributed by atoms with van der Waals surface area (Å²) in [5, 5.41) is 2.43. The summed E-state index contributed by atoms with van der Waals surface area (Å²) < 4.78 is 10.2. The highest BCUT2D eigenvalue weighted by atomic mass is 16.5. The SMILES string of the molecule is C=C(C)OC(=O)CC[C@@H](NC(=O)OCC1c2ccccc2-c2ccccc21)C(N)=O. The zero-order chi connectivity index (χ0) is 21.7. The molecule has 2 aromatic carbocycles. The molecule has 30 heavy (non-hydrogen) atoms. The van der Waals surface area contributed by atoms with Gasteiger partial charge in [0.15, 0.2) is 0 Å². The van der Waals surface area contributed by atoms with Gasteiger partial charge in [0.2, 0.25) is 5.91 Å². The van der Waals surface area contributed by atoms with Crippen LogP contribution in [0.5, 0.6) is 0 Å². The standard InChI is InChI=1S/C23H24N2O5/c1-14(2)30-21(26)12-11-20(22(24)27)25-23(28)29-13-19-17-9-5-3-7-15(17)16-8-4-6-10-18(16)19/h3-10,19-20H,1,11-13H2,2H3,(H2,24,27)(H,25,28)/t20-/m1/s1. The molecule has 0 spiro atoms. The van der Waals surface area contributed by atoms with E-state index in [-0.39, 0.29) is 31.1 Å². The number of hydrogen-bond donors (Lipinski definition) is 2. The number of nitrogens with one attached hydrogen (secondary N) is 1. The highest BCUT2D eigenvalue weighted by Crippen LogP contribution is 2.44. The van der Waals surface area contributed by atoms with E-state index in [0.717, 1.165) is 22.3 Å². The van der Waals surface area contributed by atoms with Crippen molar-refractivity contribution in [3.63, 3.8) is 0 Å². The summed E-state index contributed by atoms with van der Waals surface area (Å²) in [6, 6.07) is 14.9. The van der Waals surface area contributed by atoms with E-state index >= 15 is 0 Å². The third-order valence-electron chi connectivity index (χ3n) is 4.90. The van der Waals surface area contributed by atoms with Crippen LogP contribution >= 0.6 is 0 Å². The second kappa shape index (κ2) is 9.26. The van der Waals surface area contributed by atoms with Gasteiger partial charge in [-0.15, -0.1) is 0 Å². The number of fused-ring (bicyclic) bond motifs is 3. The maximum atomic E-state index is 12.3. The van der Waals surface area contributed by atoms with Crippen LogP contribution in [0, 0.1) is 0 Å². The van der Waals surface area contributed by atoms with Crippen molar-refractivity contribution in [3.8, 4) is 11.1 Å².